The highest BCUT2D eigenvalue weighted by molar-refractivity contribution is 9.10. The number of hydrogen-bond donors (Lipinski definition) is 1. The van der Waals surface area contributed by atoms with Gasteiger partial charge < -0.3 is 9.84 Å². The molecule has 0 atom stereocenters. The number of aromatic nitrogens is 2. The maximum absolute atomic E-state index is 5.23. The van der Waals surface area contributed by atoms with Crippen molar-refractivity contribution in [1.29, 1.82) is 0 Å². The van der Waals surface area contributed by atoms with E-state index >= 15 is 0 Å². The summed E-state index contributed by atoms with van der Waals surface area (Å²) in [5, 5.41) is 7.32. The number of halogens is 1. The van der Waals surface area contributed by atoms with Crippen LogP contribution in [0, 0.1) is 0 Å². The van der Waals surface area contributed by atoms with E-state index in [0.717, 1.165) is 10.3 Å². The van der Waals surface area contributed by atoms with Crippen molar-refractivity contribution >= 4 is 27.7 Å². The summed E-state index contributed by atoms with van der Waals surface area (Å²) < 4.78 is 6.32. The molecule has 1 N–H and O–H groups in total. The molecule has 1 heterocycles. The van der Waals surface area contributed by atoms with Crippen LogP contribution in [0.25, 0.3) is 0 Å². The number of hydrogen-bond acceptors (Lipinski definition) is 5. The van der Waals surface area contributed by atoms with E-state index in [1.807, 2.05) is 18.2 Å². The first kappa shape index (κ1) is 15.5. The Morgan fingerprint density at radius 2 is 2.05 bits per heavy atom. The van der Waals surface area contributed by atoms with Crippen LogP contribution in [0.3, 0.4) is 0 Å². The Morgan fingerprint density at radius 3 is 2.75 bits per heavy atom. The number of nitrogens with zero attached hydrogens (tertiary/aromatic N) is 2. The fraction of sp³-hybridized carbons (Fsp3) is 0.429. The van der Waals surface area contributed by atoms with E-state index in [2.05, 4.69) is 58.2 Å². The molecule has 6 heteroatoms. The van der Waals surface area contributed by atoms with Gasteiger partial charge in [0, 0.05) is 14.9 Å². The minimum atomic E-state index is 0.0400. The SMILES string of the molecule is CC(C)(C)NCc1nc(CSc2ccccc2Br)no1. The number of nitrogens with one attached hydrogen (secondary N) is 1. The Labute approximate surface area is 131 Å². The molecule has 0 fully saturated rings. The predicted octanol–water partition coefficient (Wildman–Crippen LogP) is 4.01. The molecule has 0 aliphatic carbocycles. The van der Waals surface area contributed by atoms with E-state index < -0.39 is 0 Å². The number of rotatable bonds is 5. The summed E-state index contributed by atoms with van der Waals surface area (Å²) in [7, 11) is 0. The molecule has 1 aromatic carbocycles. The van der Waals surface area contributed by atoms with Crippen LogP contribution < -0.4 is 5.32 Å². The average Bonchev–Trinajstić information content (AvgIpc) is 2.83. The minimum Gasteiger partial charge on any atom is -0.338 e. The van der Waals surface area contributed by atoms with Crippen LogP contribution >= 0.6 is 27.7 Å². The third-order valence-electron chi connectivity index (χ3n) is 2.47. The molecule has 0 radical (unpaired) electrons. The summed E-state index contributed by atoms with van der Waals surface area (Å²) in [6, 6.07) is 8.11. The molecule has 1 aromatic heterocycles. The van der Waals surface area contributed by atoms with Gasteiger partial charge in [-0.1, -0.05) is 17.3 Å². The van der Waals surface area contributed by atoms with Gasteiger partial charge in [0.15, 0.2) is 5.82 Å². The standard InChI is InChI=1S/C14H18BrN3OS/c1-14(2,3)16-8-13-17-12(18-19-13)9-20-11-7-5-4-6-10(11)15/h4-7,16H,8-9H2,1-3H3. The molecule has 2 rings (SSSR count). The Bertz CT molecular complexity index is 566. The van der Waals surface area contributed by atoms with Gasteiger partial charge in [0.05, 0.1) is 12.3 Å². The van der Waals surface area contributed by atoms with Crippen molar-refractivity contribution in [2.45, 2.75) is 43.5 Å². The summed E-state index contributed by atoms with van der Waals surface area (Å²) in [5.74, 6) is 2.04. The predicted molar refractivity (Wildman–Crippen MR) is 84.6 cm³/mol. The van der Waals surface area contributed by atoms with E-state index in [1.54, 1.807) is 11.8 Å². The lowest BCUT2D eigenvalue weighted by atomic mass is 10.1. The molecule has 0 unspecified atom stereocenters. The second kappa shape index (κ2) is 6.74. The smallest absolute Gasteiger partial charge is 0.240 e. The summed E-state index contributed by atoms with van der Waals surface area (Å²) in [6.07, 6.45) is 0. The van der Waals surface area contributed by atoms with Gasteiger partial charge in [-0.05, 0) is 48.8 Å². The van der Waals surface area contributed by atoms with Crippen LogP contribution in [0.4, 0.5) is 0 Å². The van der Waals surface area contributed by atoms with Gasteiger partial charge in [0.1, 0.15) is 0 Å². The molecule has 0 amide bonds. The van der Waals surface area contributed by atoms with Crippen molar-refractivity contribution < 1.29 is 4.52 Å². The van der Waals surface area contributed by atoms with Gasteiger partial charge in [0.2, 0.25) is 5.89 Å². The lowest BCUT2D eigenvalue weighted by molar-refractivity contribution is 0.334. The van der Waals surface area contributed by atoms with Crippen molar-refractivity contribution in [2.24, 2.45) is 0 Å². The van der Waals surface area contributed by atoms with E-state index in [0.29, 0.717) is 18.2 Å². The summed E-state index contributed by atoms with van der Waals surface area (Å²) >= 11 is 5.21. The second-order valence-corrected chi connectivity index (χ2v) is 7.30. The molecule has 0 bridgehead atoms. The third kappa shape index (κ3) is 4.92. The monoisotopic (exact) mass is 355 g/mol. The Morgan fingerprint density at radius 1 is 1.30 bits per heavy atom. The highest BCUT2D eigenvalue weighted by Crippen LogP contribution is 2.28. The average molecular weight is 356 g/mol. The van der Waals surface area contributed by atoms with Gasteiger partial charge in [-0.3, -0.25) is 0 Å². The summed E-state index contributed by atoms with van der Waals surface area (Å²) in [5.41, 5.74) is 0.0400. The normalized spacial score (nSPS) is 11.8. The zero-order valence-electron chi connectivity index (χ0n) is 11.8. The highest BCUT2D eigenvalue weighted by atomic mass is 79.9. The zero-order valence-corrected chi connectivity index (χ0v) is 14.2. The molecular weight excluding hydrogens is 338 g/mol. The molecule has 2 aromatic rings. The van der Waals surface area contributed by atoms with Gasteiger partial charge in [0.25, 0.3) is 0 Å². The number of thioether (sulfide) groups is 1. The van der Waals surface area contributed by atoms with Crippen LogP contribution in [0.2, 0.25) is 0 Å². The second-order valence-electron chi connectivity index (χ2n) is 5.43. The van der Waals surface area contributed by atoms with Gasteiger partial charge in [-0.15, -0.1) is 11.8 Å². The van der Waals surface area contributed by atoms with E-state index in [9.17, 15) is 0 Å². The summed E-state index contributed by atoms with van der Waals surface area (Å²) in [6.45, 7) is 6.91. The quantitative estimate of drug-likeness (QED) is 0.821. The highest BCUT2D eigenvalue weighted by Gasteiger charge is 2.12. The molecular formula is C14H18BrN3OS. The fourth-order valence-electron chi connectivity index (χ4n) is 1.47. The lowest BCUT2D eigenvalue weighted by Crippen LogP contribution is -2.35. The first-order chi connectivity index (χ1) is 9.44. The van der Waals surface area contributed by atoms with Gasteiger partial charge in [-0.2, -0.15) is 4.98 Å². The Kier molecular flexibility index (Phi) is 5.23. The van der Waals surface area contributed by atoms with Crippen LogP contribution in [-0.2, 0) is 12.3 Å². The van der Waals surface area contributed by atoms with Gasteiger partial charge >= 0.3 is 0 Å². The zero-order chi connectivity index (χ0) is 14.6. The Hall–Kier alpha value is -0.850. The van der Waals surface area contributed by atoms with Crippen LogP contribution in [-0.4, -0.2) is 15.7 Å². The van der Waals surface area contributed by atoms with E-state index in [4.69, 9.17) is 4.52 Å². The first-order valence-corrected chi connectivity index (χ1v) is 8.16. The van der Waals surface area contributed by atoms with Gasteiger partial charge in [-0.25, -0.2) is 0 Å². The van der Waals surface area contributed by atoms with Crippen molar-refractivity contribution in [3.05, 3.63) is 40.5 Å². The molecule has 20 heavy (non-hydrogen) atoms. The van der Waals surface area contributed by atoms with E-state index in [-0.39, 0.29) is 5.54 Å². The van der Waals surface area contributed by atoms with Crippen molar-refractivity contribution in [2.75, 3.05) is 0 Å². The topological polar surface area (TPSA) is 51.0 Å². The molecule has 0 saturated heterocycles. The van der Waals surface area contributed by atoms with Crippen molar-refractivity contribution in [3.63, 3.8) is 0 Å². The maximum atomic E-state index is 5.23. The molecule has 4 nitrogen and oxygen atoms in total. The molecule has 0 aliphatic heterocycles. The van der Waals surface area contributed by atoms with Crippen LogP contribution in [0.15, 0.2) is 38.2 Å². The van der Waals surface area contributed by atoms with E-state index in [1.165, 1.54) is 4.90 Å². The largest absolute Gasteiger partial charge is 0.338 e. The molecule has 0 saturated carbocycles. The maximum Gasteiger partial charge on any atom is 0.240 e. The molecule has 108 valence electrons. The molecule has 0 spiro atoms. The first-order valence-electron chi connectivity index (χ1n) is 6.38. The Balaban J connectivity index is 1.89. The third-order valence-corrected chi connectivity index (χ3v) is 4.50. The summed E-state index contributed by atoms with van der Waals surface area (Å²) in [4.78, 5) is 5.55. The van der Waals surface area contributed by atoms with Crippen molar-refractivity contribution in [3.8, 4) is 0 Å². The fourth-order valence-corrected chi connectivity index (χ4v) is 2.88. The van der Waals surface area contributed by atoms with Crippen LogP contribution in [0.5, 0.6) is 0 Å². The number of benzene rings is 1. The molecule has 0 aliphatic rings. The van der Waals surface area contributed by atoms with Crippen LogP contribution in [0.1, 0.15) is 32.5 Å². The van der Waals surface area contributed by atoms with Crippen molar-refractivity contribution in [1.82, 2.24) is 15.5 Å². The lowest BCUT2D eigenvalue weighted by Gasteiger charge is -2.18. The minimum absolute atomic E-state index is 0.0400.